The topological polar surface area (TPSA) is 40.5 Å². The fourth-order valence-electron chi connectivity index (χ4n) is 2.54. The molecule has 10 heavy (non-hydrogen) atoms. The second-order valence-corrected chi connectivity index (χ2v) is 3.62. The van der Waals surface area contributed by atoms with Crippen LogP contribution in [0.25, 0.3) is 0 Å². The number of hydrogen-bond donors (Lipinski definition) is 2. The molecule has 0 radical (unpaired) electrons. The van der Waals surface area contributed by atoms with Crippen LogP contribution in [-0.2, 0) is 0 Å². The van der Waals surface area contributed by atoms with Crippen LogP contribution in [0.5, 0.6) is 0 Å². The van der Waals surface area contributed by atoms with Crippen LogP contribution < -0.4 is 0 Å². The molecule has 0 amide bonds. The number of aliphatic hydroxyl groups excluding tert-OH is 2. The van der Waals surface area contributed by atoms with E-state index in [4.69, 9.17) is 0 Å². The van der Waals surface area contributed by atoms with Gasteiger partial charge in [-0.25, -0.2) is 0 Å². The minimum absolute atomic E-state index is 0.109. The van der Waals surface area contributed by atoms with Crippen LogP contribution in [0, 0.1) is 11.8 Å². The Labute approximate surface area is 60.9 Å². The second kappa shape index (κ2) is 2.21. The van der Waals surface area contributed by atoms with E-state index in [9.17, 15) is 10.2 Å². The highest BCUT2D eigenvalue weighted by atomic mass is 16.3. The maximum absolute atomic E-state index is 9.41. The van der Waals surface area contributed by atoms with Crippen LogP contribution in [0.4, 0.5) is 0 Å². The molecule has 2 N–H and O–H groups in total. The van der Waals surface area contributed by atoms with E-state index in [0.29, 0.717) is 11.8 Å². The van der Waals surface area contributed by atoms with E-state index < -0.39 is 0 Å². The Balaban J connectivity index is 2.09. The second-order valence-electron chi connectivity index (χ2n) is 3.62. The van der Waals surface area contributed by atoms with Crippen molar-refractivity contribution >= 4 is 0 Å². The Bertz CT molecular complexity index is 119. The third-order valence-electron chi connectivity index (χ3n) is 3.13. The Morgan fingerprint density at radius 3 is 1.50 bits per heavy atom. The van der Waals surface area contributed by atoms with Gasteiger partial charge in [-0.2, -0.15) is 0 Å². The SMILES string of the molecule is O[C@@H]1CC[C@@H]2[C@H]1CC[C@@H]2O. The van der Waals surface area contributed by atoms with E-state index in [1.165, 1.54) is 0 Å². The van der Waals surface area contributed by atoms with Crippen molar-refractivity contribution in [2.24, 2.45) is 11.8 Å². The smallest absolute Gasteiger partial charge is 0.0572 e. The standard InChI is InChI=1S/C8H14O2/c9-7-3-1-5-6(7)2-4-8(5)10/h5-10H,1-4H2/t5-,6-,7-,8+/m1/s1. The molecular formula is C8H14O2. The summed E-state index contributed by atoms with van der Waals surface area (Å²) >= 11 is 0. The van der Waals surface area contributed by atoms with E-state index in [2.05, 4.69) is 0 Å². The van der Waals surface area contributed by atoms with Gasteiger partial charge < -0.3 is 10.2 Å². The summed E-state index contributed by atoms with van der Waals surface area (Å²) in [6.07, 6.45) is 3.67. The summed E-state index contributed by atoms with van der Waals surface area (Å²) in [5, 5.41) is 18.8. The van der Waals surface area contributed by atoms with E-state index in [0.717, 1.165) is 25.7 Å². The molecule has 0 unspecified atom stereocenters. The molecule has 2 fully saturated rings. The molecular weight excluding hydrogens is 128 g/mol. The molecule has 2 aliphatic carbocycles. The maximum atomic E-state index is 9.41. The van der Waals surface area contributed by atoms with Gasteiger partial charge in [-0.3, -0.25) is 0 Å². The zero-order valence-corrected chi connectivity index (χ0v) is 6.03. The summed E-state index contributed by atoms with van der Waals surface area (Å²) in [6.45, 7) is 0. The first-order valence-corrected chi connectivity index (χ1v) is 4.15. The van der Waals surface area contributed by atoms with Crippen molar-refractivity contribution in [3.63, 3.8) is 0 Å². The van der Waals surface area contributed by atoms with Gasteiger partial charge in [0.25, 0.3) is 0 Å². The van der Waals surface area contributed by atoms with Gasteiger partial charge in [0.15, 0.2) is 0 Å². The lowest BCUT2D eigenvalue weighted by Crippen LogP contribution is -2.18. The van der Waals surface area contributed by atoms with Gasteiger partial charge in [0.1, 0.15) is 0 Å². The normalized spacial score (nSPS) is 53.4. The van der Waals surface area contributed by atoms with Crippen LogP contribution in [0.1, 0.15) is 25.7 Å². The average Bonchev–Trinajstić information content (AvgIpc) is 2.41. The lowest BCUT2D eigenvalue weighted by Gasteiger charge is -2.13. The zero-order chi connectivity index (χ0) is 7.14. The molecule has 0 aromatic carbocycles. The molecule has 2 rings (SSSR count). The fraction of sp³-hybridized carbons (Fsp3) is 1.00. The zero-order valence-electron chi connectivity index (χ0n) is 6.03. The molecule has 2 saturated carbocycles. The number of rotatable bonds is 0. The van der Waals surface area contributed by atoms with Gasteiger partial charge in [0, 0.05) is 0 Å². The first-order valence-electron chi connectivity index (χ1n) is 4.15. The number of hydrogen-bond acceptors (Lipinski definition) is 2. The molecule has 0 saturated heterocycles. The molecule has 0 spiro atoms. The lowest BCUT2D eigenvalue weighted by molar-refractivity contribution is 0.0988. The molecule has 2 heteroatoms. The average molecular weight is 142 g/mol. The first kappa shape index (κ1) is 6.62. The van der Waals surface area contributed by atoms with Gasteiger partial charge in [0.2, 0.25) is 0 Å². The number of fused-ring (bicyclic) bond motifs is 1. The maximum Gasteiger partial charge on any atom is 0.0572 e. The molecule has 58 valence electrons. The van der Waals surface area contributed by atoms with Crippen LogP contribution in [-0.4, -0.2) is 22.4 Å². The van der Waals surface area contributed by atoms with Crippen LogP contribution >= 0.6 is 0 Å². The van der Waals surface area contributed by atoms with E-state index >= 15 is 0 Å². The van der Waals surface area contributed by atoms with E-state index in [1.54, 1.807) is 0 Å². The first-order chi connectivity index (χ1) is 4.79. The molecule has 0 aromatic rings. The van der Waals surface area contributed by atoms with Gasteiger partial charge in [0.05, 0.1) is 12.2 Å². The molecule has 4 atom stereocenters. The van der Waals surface area contributed by atoms with Gasteiger partial charge >= 0.3 is 0 Å². The Kier molecular flexibility index (Phi) is 1.46. The van der Waals surface area contributed by atoms with Crippen molar-refractivity contribution in [3.05, 3.63) is 0 Å². The molecule has 2 nitrogen and oxygen atoms in total. The summed E-state index contributed by atoms with van der Waals surface area (Å²) in [6, 6.07) is 0. The Hall–Kier alpha value is -0.0800. The highest BCUT2D eigenvalue weighted by Crippen LogP contribution is 2.43. The summed E-state index contributed by atoms with van der Waals surface area (Å²) < 4.78 is 0. The molecule has 0 aromatic heterocycles. The summed E-state index contributed by atoms with van der Waals surface area (Å²) in [7, 11) is 0. The predicted molar refractivity (Wildman–Crippen MR) is 37.5 cm³/mol. The van der Waals surface area contributed by atoms with Crippen molar-refractivity contribution < 1.29 is 10.2 Å². The summed E-state index contributed by atoms with van der Waals surface area (Å²) in [5.41, 5.74) is 0. The van der Waals surface area contributed by atoms with Crippen LogP contribution in [0.15, 0.2) is 0 Å². The van der Waals surface area contributed by atoms with Crippen molar-refractivity contribution in [1.82, 2.24) is 0 Å². The van der Waals surface area contributed by atoms with Crippen molar-refractivity contribution in [1.29, 1.82) is 0 Å². The van der Waals surface area contributed by atoms with E-state index in [-0.39, 0.29) is 12.2 Å². The minimum Gasteiger partial charge on any atom is -0.393 e. The van der Waals surface area contributed by atoms with Gasteiger partial charge in [-0.1, -0.05) is 0 Å². The molecule has 2 aliphatic rings. The Morgan fingerprint density at radius 1 is 0.700 bits per heavy atom. The third kappa shape index (κ3) is 0.789. The largest absolute Gasteiger partial charge is 0.393 e. The monoisotopic (exact) mass is 142 g/mol. The number of aliphatic hydroxyl groups is 2. The van der Waals surface area contributed by atoms with Crippen molar-refractivity contribution in [3.8, 4) is 0 Å². The van der Waals surface area contributed by atoms with Crippen LogP contribution in [0.2, 0.25) is 0 Å². The quantitative estimate of drug-likeness (QED) is 0.518. The minimum atomic E-state index is -0.109. The fourth-order valence-corrected chi connectivity index (χ4v) is 2.54. The highest BCUT2D eigenvalue weighted by molar-refractivity contribution is 4.93. The van der Waals surface area contributed by atoms with Gasteiger partial charge in [-0.15, -0.1) is 0 Å². The Morgan fingerprint density at radius 2 is 1.10 bits per heavy atom. The van der Waals surface area contributed by atoms with E-state index in [1.807, 2.05) is 0 Å². The molecule has 0 aliphatic heterocycles. The predicted octanol–water partition coefficient (Wildman–Crippen LogP) is 0.528. The molecule has 0 bridgehead atoms. The van der Waals surface area contributed by atoms with Crippen molar-refractivity contribution in [2.45, 2.75) is 37.9 Å². The van der Waals surface area contributed by atoms with Gasteiger partial charge in [-0.05, 0) is 37.5 Å². The van der Waals surface area contributed by atoms with Crippen LogP contribution in [0.3, 0.4) is 0 Å². The summed E-state index contributed by atoms with van der Waals surface area (Å²) in [4.78, 5) is 0. The third-order valence-corrected chi connectivity index (χ3v) is 3.13. The highest BCUT2D eigenvalue weighted by Gasteiger charge is 2.43. The van der Waals surface area contributed by atoms with Crippen molar-refractivity contribution in [2.75, 3.05) is 0 Å². The lowest BCUT2D eigenvalue weighted by atomic mass is 9.98. The molecule has 0 heterocycles. The summed E-state index contributed by atoms with van der Waals surface area (Å²) in [5.74, 6) is 0.852.